The molecule has 4 rings (SSSR count). The molecular weight excluding hydrogens is 422 g/mol. The maximum atomic E-state index is 13.0. The van der Waals surface area contributed by atoms with E-state index in [0.717, 1.165) is 38.0 Å². The van der Waals surface area contributed by atoms with Crippen molar-refractivity contribution in [3.8, 4) is 5.75 Å². The zero-order valence-electron chi connectivity index (χ0n) is 19.5. The molecule has 175 valence electrons. The van der Waals surface area contributed by atoms with Crippen LogP contribution in [0.15, 0.2) is 23.2 Å². The summed E-state index contributed by atoms with van der Waals surface area (Å²) < 4.78 is 13.0. The van der Waals surface area contributed by atoms with Crippen LogP contribution in [0.4, 0.5) is 5.69 Å². The van der Waals surface area contributed by atoms with Crippen molar-refractivity contribution in [3.63, 3.8) is 0 Å². The minimum absolute atomic E-state index is 0.00309. The topological polar surface area (TPSA) is 100 Å². The van der Waals surface area contributed by atoms with Crippen molar-refractivity contribution in [2.24, 2.45) is 12.0 Å². The van der Waals surface area contributed by atoms with Crippen LogP contribution >= 0.6 is 0 Å². The van der Waals surface area contributed by atoms with Gasteiger partial charge < -0.3 is 9.47 Å². The van der Waals surface area contributed by atoms with Crippen molar-refractivity contribution in [2.45, 2.75) is 33.1 Å². The Morgan fingerprint density at radius 1 is 1.18 bits per heavy atom. The first-order chi connectivity index (χ1) is 16.0. The molecule has 2 aliphatic rings. The van der Waals surface area contributed by atoms with Gasteiger partial charge in [-0.1, -0.05) is 20.3 Å². The standard InChI is InChI=1S/C24H30N5O4/c1-4-6-18-21-22(27-28(18)3)24(31)26-23(25-21)17-14-16(7-8-20(17)33-11-5-2)19(30)15-29-9-12-32-13-10-29/h7-8,14H,4-6,9-13,15H2,1-3H3. The number of fused-ring (bicyclic) bond motifs is 1. The third-order valence-corrected chi connectivity index (χ3v) is 5.73. The Bertz CT molecular complexity index is 1070. The normalized spacial score (nSPS) is 16.2. The molecule has 0 N–H and O–H groups in total. The molecule has 1 radical (unpaired) electrons. The lowest BCUT2D eigenvalue weighted by Gasteiger charge is -2.25. The van der Waals surface area contributed by atoms with Crippen LogP contribution in [0.1, 0.15) is 58.8 Å². The highest BCUT2D eigenvalue weighted by Crippen LogP contribution is 2.31. The van der Waals surface area contributed by atoms with E-state index in [4.69, 9.17) is 14.5 Å². The molecule has 0 bridgehead atoms. The van der Waals surface area contributed by atoms with Crippen LogP contribution in [0.2, 0.25) is 0 Å². The molecule has 9 nitrogen and oxygen atoms in total. The number of aromatic nitrogens is 2. The number of morpholine rings is 1. The first-order valence-corrected chi connectivity index (χ1v) is 11.5. The Kier molecular flexibility index (Phi) is 7.20. The Labute approximate surface area is 193 Å². The Hall–Kier alpha value is -3.04. The summed E-state index contributed by atoms with van der Waals surface area (Å²) >= 11 is 0. The number of rotatable bonds is 9. The van der Waals surface area contributed by atoms with E-state index >= 15 is 0 Å². The van der Waals surface area contributed by atoms with Gasteiger partial charge >= 0.3 is 5.91 Å². The second kappa shape index (κ2) is 10.3. The predicted octanol–water partition coefficient (Wildman–Crippen LogP) is 2.51. The van der Waals surface area contributed by atoms with Crippen LogP contribution in [-0.4, -0.2) is 71.7 Å². The number of amidine groups is 1. The maximum absolute atomic E-state index is 13.0. The van der Waals surface area contributed by atoms with Crippen LogP contribution in [0.25, 0.3) is 0 Å². The molecule has 0 saturated carbocycles. The second-order valence-corrected chi connectivity index (χ2v) is 8.24. The molecule has 1 amide bonds. The molecule has 0 unspecified atom stereocenters. The highest BCUT2D eigenvalue weighted by molar-refractivity contribution is 6.18. The lowest BCUT2D eigenvalue weighted by atomic mass is 10.0. The number of hydrogen-bond acceptors (Lipinski definition) is 7. The van der Waals surface area contributed by atoms with Gasteiger partial charge in [-0.2, -0.15) is 10.4 Å². The van der Waals surface area contributed by atoms with E-state index in [1.807, 2.05) is 14.0 Å². The number of carbonyl (C=O) groups excluding carboxylic acids is 2. The van der Waals surface area contributed by atoms with Gasteiger partial charge in [0, 0.05) is 25.7 Å². The number of nitrogens with zero attached hydrogens (tertiary/aromatic N) is 5. The summed E-state index contributed by atoms with van der Waals surface area (Å²) in [6.07, 6.45) is 2.48. The molecule has 33 heavy (non-hydrogen) atoms. The Morgan fingerprint density at radius 3 is 2.70 bits per heavy atom. The Morgan fingerprint density at radius 2 is 1.97 bits per heavy atom. The summed E-state index contributed by atoms with van der Waals surface area (Å²) in [6.45, 7) is 7.64. The third-order valence-electron chi connectivity index (χ3n) is 5.73. The number of Topliss-reactive ketones (excluding diaryl/α,β-unsaturated/α-hetero) is 1. The zero-order valence-corrected chi connectivity index (χ0v) is 19.5. The van der Waals surface area contributed by atoms with Crippen molar-refractivity contribution >= 4 is 23.2 Å². The van der Waals surface area contributed by atoms with E-state index < -0.39 is 5.91 Å². The fourth-order valence-electron chi connectivity index (χ4n) is 4.00. The van der Waals surface area contributed by atoms with Gasteiger partial charge in [0.05, 0.1) is 37.6 Å². The van der Waals surface area contributed by atoms with E-state index in [9.17, 15) is 9.59 Å². The molecule has 1 fully saturated rings. The van der Waals surface area contributed by atoms with Gasteiger partial charge in [-0.3, -0.25) is 19.2 Å². The number of ketones is 1. The summed E-state index contributed by atoms with van der Waals surface area (Å²) in [5, 5.41) is 8.54. The van der Waals surface area contributed by atoms with Crippen LogP contribution < -0.4 is 10.1 Å². The smallest absolute Gasteiger partial charge is 0.301 e. The van der Waals surface area contributed by atoms with Gasteiger partial charge in [-0.15, -0.1) is 0 Å². The molecule has 0 atom stereocenters. The molecule has 0 aliphatic carbocycles. The van der Waals surface area contributed by atoms with Crippen molar-refractivity contribution in [2.75, 3.05) is 39.5 Å². The fourth-order valence-corrected chi connectivity index (χ4v) is 4.00. The quantitative estimate of drug-likeness (QED) is 0.542. The number of hydrogen-bond donors (Lipinski definition) is 0. The number of ether oxygens (including phenoxy) is 2. The zero-order chi connectivity index (χ0) is 23.4. The molecule has 1 aromatic carbocycles. The molecule has 9 heteroatoms. The van der Waals surface area contributed by atoms with Crippen LogP contribution in [0, 0.1) is 0 Å². The second-order valence-electron chi connectivity index (χ2n) is 8.24. The van der Waals surface area contributed by atoms with Gasteiger partial charge in [0.25, 0.3) is 0 Å². The van der Waals surface area contributed by atoms with Crippen molar-refractivity contribution in [1.82, 2.24) is 20.0 Å². The van der Waals surface area contributed by atoms with E-state index in [1.54, 1.807) is 22.9 Å². The summed E-state index contributed by atoms with van der Waals surface area (Å²) in [5.41, 5.74) is 2.79. The number of aliphatic imine (C=N–C) groups is 1. The van der Waals surface area contributed by atoms with E-state index in [2.05, 4.69) is 22.2 Å². The van der Waals surface area contributed by atoms with Gasteiger partial charge in [-0.25, -0.2) is 4.99 Å². The average Bonchev–Trinajstić information content (AvgIpc) is 3.14. The minimum Gasteiger partial charge on any atom is -0.493 e. The van der Waals surface area contributed by atoms with Crippen molar-refractivity contribution in [1.29, 1.82) is 0 Å². The SMILES string of the molecule is CCCOc1ccc(C(=O)CN2CCOCC2)cc1C1=Nc2c(nn(C)c2CCC)C(=O)[N]1. The van der Waals surface area contributed by atoms with E-state index in [1.165, 1.54) is 0 Å². The molecular formula is C24H30N5O4. The first-order valence-electron chi connectivity index (χ1n) is 11.5. The van der Waals surface area contributed by atoms with Crippen molar-refractivity contribution < 1.29 is 19.1 Å². The monoisotopic (exact) mass is 452 g/mol. The number of carbonyl (C=O) groups is 2. The van der Waals surface area contributed by atoms with Gasteiger partial charge in [0.1, 0.15) is 11.4 Å². The summed E-state index contributed by atoms with van der Waals surface area (Å²) in [7, 11) is 1.81. The largest absolute Gasteiger partial charge is 0.493 e. The van der Waals surface area contributed by atoms with Gasteiger partial charge in [-0.05, 0) is 31.0 Å². The minimum atomic E-state index is -0.431. The molecule has 3 heterocycles. The van der Waals surface area contributed by atoms with Crippen LogP contribution in [0.3, 0.4) is 0 Å². The lowest BCUT2D eigenvalue weighted by molar-refractivity contribution is 0.0371. The maximum Gasteiger partial charge on any atom is 0.301 e. The van der Waals surface area contributed by atoms with Gasteiger partial charge in [0.15, 0.2) is 17.3 Å². The van der Waals surface area contributed by atoms with Gasteiger partial charge in [0.2, 0.25) is 0 Å². The lowest BCUT2D eigenvalue weighted by Crippen LogP contribution is -2.39. The third kappa shape index (κ3) is 4.99. The van der Waals surface area contributed by atoms with Crippen LogP contribution in [-0.2, 0) is 18.2 Å². The molecule has 2 aliphatic heterocycles. The average molecular weight is 453 g/mol. The van der Waals surface area contributed by atoms with Crippen LogP contribution in [0.5, 0.6) is 5.75 Å². The number of amides is 1. The molecule has 1 aromatic heterocycles. The first kappa shape index (κ1) is 23.1. The fraction of sp³-hybridized carbons (Fsp3) is 0.500. The highest BCUT2D eigenvalue weighted by atomic mass is 16.5. The Balaban J connectivity index is 1.70. The van der Waals surface area contributed by atoms with E-state index in [-0.39, 0.29) is 17.3 Å². The molecule has 2 aromatic rings. The van der Waals surface area contributed by atoms with E-state index in [0.29, 0.717) is 48.9 Å². The highest BCUT2D eigenvalue weighted by Gasteiger charge is 2.30. The van der Waals surface area contributed by atoms with Crippen molar-refractivity contribution in [3.05, 3.63) is 40.7 Å². The number of benzene rings is 1. The predicted molar refractivity (Wildman–Crippen MR) is 124 cm³/mol. The summed E-state index contributed by atoms with van der Waals surface area (Å²) in [5.74, 6) is 0.376. The molecule has 0 spiro atoms. The summed E-state index contributed by atoms with van der Waals surface area (Å²) in [4.78, 5) is 32.6. The number of aryl methyl sites for hydroxylation is 1. The summed E-state index contributed by atoms with van der Waals surface area (Å²) in [6, 6.07) is 5.27. The molecule has 1 saturated heterocycles.